The molecule has 1 amide bonds. The van der Waals surface area contributed by atoms with Gasteiger partial charge in [0, 0.05) is 5.69 Å². The van der Waals surface area contributed by atoms with E-state index in [0.29, 0.717) is 12.1 Å². The van der Waals surface area contributed by atoms with Crippen molar-refractivity contribution in [2.45, 2.75) is 13.0 Å². The Morgan fingerprint density at radius 3 is 2.04 bits per heavy atom. The minimum Gasteiger partial charge on any atom is -0.308 e. The lowest BCUT2D eigenvalue weighted by atomic mass is 10.1. The number of para-hydroxylation sites is 1. The van der Waals surface area contributed by atoms with Gasteiger partial charge >= 0.3 is 0 Å². The van der Waals surface area contributed by atoms with Crippen LogP contribution in [-0.4, -0.2) is 5.91 Å². The van der Waals surface area contributed by atoms with Crippen molar-refractivity contribution in [2.24, 2.45) is 0 Å². The van der Waals surface area contributed by atoms with Crippen LogP contribution in [0.2, 0.25) is 0 Å². The van der Waals surface area contributed by atoms with Crippen molar-refractivity contribution in [2.75, 3.05) is 4.90 Å². The van der Waals surface area contributed by atoms with Crippen molar-refractivity contribution < 1.29 is 9.18 Å². The number of carbonyl (C=O) groups is 1. The van der Waals surface area contributed by atoms with E-state index in [1.807, 2.05) is 60.7 Å². The summed E-state index contributed by atoms with van der Waals surface area (Å²) in [6.45, 7) is 0.456. The second-order valence-electron chi connectivity index (χ2n) is 5.57. The molecule has 3 aromatic rings. The van der Waals surface area contributed by atoms with Crippen LogP contribution >= 0.6 is 0 Å². The zero-order valence-corrected chi connectivity index (χ0v) is 13.2. The van der Waals surface area contributed by atoms with Gasteiger partial charge in [-0.25, -0.2) is 4.39 Å². The Balaban J connectivity index is 1.87. The number of carbonyl (C=O) groups excluding carboxylic acids is 1. The molecule has 0 fully saturated rings. The van der Waals surface area contributed by atoms with E-state index in [-0.39, 0.29) is 18.1 Å². The zero-order chi connectivity index (χ0) is 16.8. The second-order valence-corrected chi connectivity index (χ2v) is 5.57. The van der Waals surface area contributed by atoms with Gasteiger partial charge in [-0.3, -0.25) is 4.79 Å². The number of anilines is 1. The number of rotatable bonds is 5. The predicted octanol–water partition coefficient (Wildman–Crippen LogP) is 4.60. The van der Waals surface area contributed by atoms with Crippen molar-refractivity contribution in [3.05, 3.63) is 102 Å². The van der Waals surface area contributed by atoms with E-state index >= 15 is 0 Å². The molecule has 0 radical (unpaired) electrons. The van der Waals surface area contributed by atoms with Crippen LogP contribution in [0, 0.1) is 5.82 Å². The van der Waals surface area contributed by atoms with Crippen molar-refractivity contribution in [1.82, 2.24) is 0 Å². The average Bonchev–Trinajstić information content (AvgIpc) is 2.63. The van der Waals surface area contributed by atoms with Crippen LogP contribution in [-0.2, 0) is 17.8 Å². The molecular weight excluding hydrogens is 301 g/mol. The van der Waals surface area contributed by atoms with E-state index in [1.54, 1.807) is 23.1 Å². The number of benzene rings is 3. The molecule has 0 aliphatic heterocycles. The lowest BCUT2D eigenvalue weighted by Gasteiger charge is -2.23. The summed E-state index contributed by atoms with van der Waals surface area (Å²) < 4.78 is 13.9. The van der Waals surface area contributed by atoms with E-state index in [2.05, 4.69) is 0 Å². The molecule has 2 nitrogen and oxygen atoms in total. The van der Waals surface area contributed by atoms with Crippen LogP contribution in [0.3, 0.4) is 0 Å². The zero-order valence-electron chi connectivity index (χ0n) is 13.2. The summed E-state index contributed by atoms with van der Waals surface area (Å²) in [5, 5.41) is 0. The lowest BCUT2D eigenvalue weighted by Crippen LogP contribution is -2.32. The average molecular weight is 319 g/mol. The highest BCUT2D eigenvalue weighted by Gasteiger charge is 2.18. The van der Waals surface area contributed by atoms with Crippen molar-refractivity contribution in [3.63, 3.8) is 0 Å². The summed E-state index contributed by atoms with van der Waals surface area (Å²) in [7, 11) is 0. The first-order valence-electron chi connectivity index (χ1n) is 7.87. The summed E-state index contributed by atoms with van der Waals surface area (Å²) in [5.74, 6) is -0.478. The number of nitrogens with zero attached hydrogens (tertiary/aromatic N) is 1. The lowest BCUT2D eigenvalue weighted by molar-refractivity contribution is -0.118. The van der Waals surface area contributed by atoms with Crippen LogP contribution in [0.1, 0.15) is 11.1 Å². The third kappa shape index (κ3) is 3.87. The van der Waals surface area contributed by atoms with Gasteiger partial charge in [-0.05, 0) is 29.3 Å². The Labute approximate surface area is 141 Å². The van der Waals surface area contributed by atoms with Crippen molar-refractivity contribution in [1.29, 1.82) is 0 Å². The Bertz CT molecular complexity index is 802. The largest absolute Gasteiger partial charge is 0.308 e. The fourth-order valence-corrected chi connectivity index (χ4v) is 2.60. The van der Waals surface area contributed by atoms with Crippen LogP contribution in [0.4, 0.5) is 10.1 Å². The van der Waals surface area contributed by atoms with E-state index in [9.17, 15) is 9.18 Å². The smallest absolute Gasteiger partial charge is 0.231 e. The minimum atomic E-state index is -0.349. The number of amides is 1. The summed E-state index contributed by atoms with van der Waals surface area (Å²) in [5.41, 5.74) is 2.25. The predicted molar refractivity (Wildman–Crippen MR) is 94.2 cm³/mol. The maximum atomic E-state index is 13.9. The van der Waals surface area contributed by atoms with Crippen LogP contribution in [0.5, 0.6) is 0 Å². The van der Waals surface area contributed by atoms with Gasteiger partial charge in [0.1, 0.15) is 5.82 Å². The summed E-state index contributed by atoms with van der Waals surface area (Å²) in [4.78, 5) is 14.5. The molecule has 0 N–H and O–H groups in total. The first kappa shape index (κ1) is 15.9. The number of hydrogen-bond acceptors (Lipinski definition) is 1. The summed E-state index contributed by atoms with van der Waals surface area (Å²) in [6, 6.07) is 25.7. The molecule has 0 saturated carbocycles. The highest BCUT2D eigenvalue weighted by Crippen LogP contribution is 2.19. The molecule has 24 heavy (non-hydrogen) atoms. The molecule has 0 heterocycles. The van der Waals surface area contributed by atoms with E-state index in [4.69, 9.17) is 0 Å². The molecule has 3 heteroatoms. The Morgan fingerprint density at radius 1 is 0.792 bits per heavy atom. The van der Waals surface area contributed by atoms with Gasteiger partial charge in [0.25, 0.3) is 0 Å². The first-order chi connectivity index (χ1) is 11.7. The maximum absolute atomic E-state index is 13.9. The molecule has 0 aliphatic carbocycles. The Hall–Kier alpha value is -2.94. The molecule has 0 saturated heterocycles. The normalized spacial score (nSPS) is 10.4. The molecular formula is C21H18FNO. The SMILES string of the molecule is O=C(Cc1ccccc1F)N(Cc1ccccc1)c1ccccc1. The fraction of sp³-hybridized carbons (Fsp3) is 0.0952. The topological polar surface area (TPSA) is 20.3 Å². The van der Waals surface area contributed by atoms with Gasteiger partial charge in [-0.2, -0.15) is 0 Å². The Morgan fingerprint density at radius 2 is 1.38 bits per heavy atom. The molecule has 0 atom stereocenters. The van der Waals surface area contributed by atoms with Crippen LogP contribution in [0.15, 0.2) is 84.9 Å². The van der Waals surface area contributed by atoms with Crippen LogP contribution in [0.25, 0.3) is 0 Å². The van der Waals surface area contributed by atoms with Crippen molar-refractivity contribution in [3.8, 4) is 0 Å². The molecule has 3 rings (SSSR count). The van der Waals surface area contributed by atoms with E-state index in [1.165, 1.54) is 6.07 Å². The molecule has 0 aromatic heterocycles. The van der Waals surface area contributed by atoms with Gasteiger partial charge < -0.3 is 4.90 Å². The first-order valence-corrected chi connectivity index (χ1v) is 7.87. The van der Waals surface area contributed by atoms with Gasteiger partial charge in [0.15, 0.2) is 0 Å². The van der Waals surface area contributed by atoms with Crippen LogP contribution < -0.4 is 4.90 Å². The van der Waals surface area contributed by atoms with Gasteiger partial charge in [-0.1, -0.05) is 66.7 Å². The van der Waals surface area contributed by atoms with Gasteiger partial charge in [-0.15, -0.1) is 0 Å². The summed E-state index contributed by atoms with van der Waals surface area (Å²) in [6.07, 6.45) is 0.0361. The monoisotopic (exact) mass is 319 g/mol. The van der Waals surface area contributed by atoms with Gasteiger partial charge in [0.05, 0.1) is 13.0 Å². The Kier molecular flexibility index (Phi) is 5.02. The number of hydrogen-bond donors (Lipinski definition) is 0. The van der Waals surface area contributed by atoms with Crippen molar-refractivity contribution >= 4 is 11.6 Å². The van der Waals surface area contributed by atoms with Gasteiger partial charge in [0.2, 0.25) is 5.91 Å². The van der Waals surface area contributed by atoms with E-state index in [0.717, 1.165) is 11.3 Å². The molecule has 3 aromatic carbocycles. The molecule has 0 spiro atoms. The highest BCUT2D eigenvalue weighted by atomic mass is 19.1. The maximum Gasteiger partial charge on any atom is 0.231 e. The third-order valence-corrected chi connectivity index (χ3v) is 3.85. The summed E-state index contributed by atoms with van der Waals surface area (Å²) >= 11 is 0. The number of halogens is 1. The molecule has 120 valence electrons. The molecule has 0 bridgehead atoms. The third-order valence-electron chi connectivity index (χ3n) is 3.85. The van der Waals surface area contributed by atoms with E-state index < -0.39 is 0 Å². The minimum absolute atomic E-state index is 0.0361. The standard InChI is InChI=1S/C21H18FNO/c22-20-14-8-7-11-18(20)15-21(24)23(19-12-5-2-6-13-19)16-17-9-3-1-4-10-17/h1-14H,15-16H2. The highest BCUT2D eigenvalue weighted by molar-refractivity contribution is 5.94. The fourth-order valence-electron chi connectivity index (χ4n) is 2.60. The quantitative estimate of drug-likeness (QED) is 0.673. The second kappa shape index (κ2) is 7.55. The molecule has 0 aliphatic rings. The molecule has 0 unspecified atom stereocenters.